The molecule has 0 N–H and O–H groups in total. The summed E-state index contributed by atoms with van der Waals surface area (Å²) < 4.78 is 7.31. The Morgan fingerprint density at radius 3 is 0.672 bits per heavy atom. The van der Waals surface area contributed by atoms with E-state index in [0.717, 1.165) is 189 Å². The molecule has 6 nitrogen and oxygen atoms in total. The maximum Gasteiger partial charge on any atom is 0.0542 e. The van der Waals surface area contributed by atoms with Gasteiger partial charge in [-0.1, -0.05) is 328 Å². The quantitative estimate of drug-likeness (QED) is 0.0856. The van der Waals surface area contributed by atoms with Gasteiger partial charge in [-0.2, -0.15) is 0 Å². The molecule has 6 heteroatoms. The third-order valence-electron chi connectivity index (χ3n) is 25.7. The van der Waals surface area contributed by atoms with Crippen LogP contribution in [0.15, 0.2) is 497 Å². The van der Waals surface area contributed by atoms with Gasteiger partial charge in [0, 0.05) is 82.9 Å². The van der Waals surface area contributed by atoms with Gasteiger partial charge in [0.2, 0.25) is 0 Å². The number of hydrogen-bond acceptors (Lipinski definition) is 3. The fraction of sp³-hybridized carbons (Fsp3) is 0. The third-order valence-corrected chi connectivity index (χ3v) is 25.7. The molecule has 0 spiro atoms. The lowest BCUT2D eigenvalue weighted by Crippen LogP contribution is -2.16. The van der Waals surface area contributed by atoms with Gasteiger partial charge in [-0.25, -0.2) is 0 Å². The molecule has 0 bridgehead atoms. The minimum atomic E-state index is 0.943. The van der Waals surface area contributed by atoms with Crippen LogP contribution >= 0.6 is 0 Å². The number of para-hydroxylation sites is 4. The smallest absolute Gasteiger partial charge is 0.0542 e. The maximum absolute atomic E-state index is 2.53. The number of nitrogens with zero attached hydrogens (tertiary/aromatic N) is 6. The highest BCUT2D eigenvalue weighted by atomic mass is 15.2. The second kappa shape index (κ2) is 31.7. The summed E-state index contributed by atoms with van der Waals surface area (Å²) in [6, 6.07) is 184. The van der Waals surface area contributed by atoms with Gasteiger partial charge in [0.15, 0.2) is 0 Å². The molecular weight excluding hydrogens is 1550 g/mol. The molecule has 0 unspecified atom stereocenters. The summed E-state index contributed by atoms with van der Waals surface area (Å²) in [5.41, 5.74) is 32.8. The van der Waals surface area contributed by atoms with Gasteiger partial charge in [0.1, 0.15) is 0 Å². The molecule has 0 aliphatic rings. The van der Waals surface area contributed by atoms with Crippen molar-refractivity contribution >= 4 is 138 Å². The van der Waals surface area contributed by atoms with E-state index in [1.165, 1.54) is 33.4 Å². The Labute approximate surface area is 742 Å². The van der Waals surface area contributed by atoms with Gasteiger partial charge in [0.05, 0.1) is 61.5 Å². The van der Waals surface area contributed by atoms with Crippen LogP contribution in [0.2, 0.25) is 0 Å². The van der Waals surface area contributed by atoms with Crippen LogP contribution in [0.5, 0.6) is 0 Å². The van der Waals surface area contributed by atoms with Crippen LogP contribution in [-0.4, -0.2) is 13.7 Å². The number of fused-ring (bicyclic) bond motifs is 11. The van der Waals surface area contributed by atoms with Crippen LogP contribution < -0.4 is 14.7 Å². The molecule has 21 aromatic carbocycles. The standard InChI is InChI=1S/C122H82N6/c1-8-28-83(29-9-1)86-50-56-89(57-51-86)94-62-68-117-109(74-94)112-80-101(65-71-120(112)126(117)98-40-16-5-17-41-98)123(97-38-14-4-15-39-97)104-77-105(124(115-48-26-36-92-34-22-24-46-107(92)115)102-66-72-121-113(81-102)110-75-95(63-69-118(110)127(121)99-42-18-6-19-43-99)90-58-52-87(53-59-90)84-30-10-2-11-31-84)79-106(78-104)125(116-49-27-37-93-35-23-25-47-108(93)116)103-67-73-122-114(82-103)111-76-96(64-70-119(111)128(122)100-44-20-7-21-45-100)91-60-54-88(55-61-91)85-32-12-3-13-33-85/h1-82H. The first-order chi connectivity index (χ1) is 63.5. The molecule has 0 aliphatic carbocycles. The molecular formula is C122H82N6. The Morgan fingerprint density at radius 1 is 0.125 bits per heavy atom. The van der Waals surface area contributed by atoms with E-state index in [1.807, 2.05) is 0 Å². The Morgan fingerprint density at radius 2 is 0.352 bits per heavy atom. The first-order valence-corrected chi connectivity index (χ1v) is 43.9. The van der Waals surface area contributed by atoms with Crippen molar-refractivity contribution in [2.24, 2.45) is 0 Å². The van der Waals surface area contributed by atoms with E-state index in [9.17, 15) is 0 Å². The molecule has 24 aromatic rings. The van der Waals surface area contributed by atoms with E-state index < -0.39 is 0 Å². The number of hydrogen-bond donors (Lipinski definition) is 0. The summed E-state index contributed by atoms with van der Waals surface area (Å²) in [6.45, 7) is 0. The highest BCUT2D eigenvalue weighted by molar-refractivity contribution is 6.16. The van der Waals surface area contributed by atoms with Gasteiger partial charge in [0.25, 0.3) is 0 Å². The van der Waals surface area contributed by atoms with E-state index in [4.69, 9.17) is 0 Å². The van der Waals surface area contributed by atoms with Crippen molar-refractivity contribution in [3.8, 4) is 83.8 Å². The Hall–Kier alpha value is -17.1. The molecule has 0 atom stereocenters. The first kappa shape index (κ1) is 74.7. The molecule has 600 valence electrons. The lowest BCUT2D eigenvalue weighted by atomic mass is 9.99. The molecule has 24 rings (SSSR count). The maximum atomic E-state index is 2.53. The molecule has 0 saturated carbocycles. The van der Waals surface area contributed by atoms with Crippen LogP contribution in [0.4, 0.5) is 51.2 Å². The summed E-state index contributed by atoms with van der Waals surface area (Å²) in [5, 5.41) is 11.3. The van der Waals surface area contributed by atoms with E-state index >= 15 is 0 Å². The van der Waals surface area contributed by atoms with Crippen molar-refractivity contribution in [2.75, 3.05) is 14.7 Å². The van der Waals surface area contributed by atoms with Gasteiger partial charge in [-0.15, -0.1) is 0 Å². The number of rotatable bonds is 18. The minimum absolute atomic E-state index is 0.943. The lowest BCUT2D eigenvalue weighted by Gasteiger charge is -2.33. The van der Waals surface area contributed by atoms with Crippen LogP contribution in [-0.2, 0) is 0 Å². The van der Waals surface area contributed by atoms with Gasteiger partial charge >= 0.3 is 0 Å². The average molecular weight is 1630 g/mol. The van der Waals surface area contributed by atoms with E-state index in [2.05, 4.69) is 526 Å². The minimum Gasteiger partial charge on any atom is -0.310 e. The van der Waals surface area contributed by atoms with Crippen LogP contribution in [0, 0.1) is 0 Å². The molecule has 3 aromatic heterocycles. The summed E-state index contributed by atoms with van der Waals surface area (Å²) in [7, 11) is 0. The monoisotopic (exact) mass is 1630 g/mol. The molecule has 128 heavy (non-hydrogen) atoms. The molecule has 0 amide bonds. The SMILES string of the molecule is c1ccc(-c2ccc(-c3ccc4c(c3)c3cc(N(c5ccccc5)c5cc(N(c6ccc7c(c6)c6cc(-c8ccc(-c9ccccc9)cc8)ccc6n7-c6ccccc6)c6cccc7ccccc67)cc(N(c6ccc7c(c6)c6cc(-c8ccc(-c9ccccc9)cc8)ccc6n7-c6ccccc6)c6cccc7ccccc67)c5)ccc3n4-c3ccccc3)cc2)cc1. The van der Waals surface area contributed by atoms with Crippen molar-refractivity contribution in [2.45, 2.75) is 0 Å². The molecule has 0 radical (unpaired) electrons. The zero-order valence-corrected chi connectivity index (χ0v) is 70.0. The van der Waals surface area contributed by atoms with Crippen molar-refractivity contribution in [1.82, 2.24) is 13.7 Å². The van der Waals surface area contributed by atoms with Crippen molar-refractivity contribution < 1.29 is 0 Å². The van der Waals surface area contributed by atoms with Crippen molar-refractivity contribution in [1.29, 1.82) is 0 Å². The molecule has 0 saturated heterocycles. The zero-order valence-electron chi connectivity index (χ0n) is 70.0. The highest BCUT2D eigenvalue weighted by Gasteiger charge is 2.28. The molecule has 0 aliphatic heterocycles. The molecule has 0 fully saturated rings. The number of anilines is 9. The van der Waals surface area contributed by atoms with E-state index in [-0.39, 0.29) is 0 Å². The summed E-state index contributed by atoms with van der Waals surface area (Å²) in [6.07, 6.45) is 0. The summed E-state index contributed by atoms with van der Waals surface area (Å²) >= 11 is 0. The van der Waals surface area contributed by atoms with E-state index in [0.29, 0.717) is 0 Å². The lowest BCUT2D eigenvalue weighted by molar-refractivity contribution is 1.18. The van der Waals surface area contributed by atoms with Gasteiger partial charge in [-0.05, 0) is 247 Å². The number of benzene rings is 21. The zero-order chi connectivity index (χ0) is 84.5. The fourth-order valence-corrected chi connectivity index (χ4v) is 19.7. The van der Waals surface area contributed by atoms with Crippen molar-refractivity contribution in [3.63, 3.8) is 0 Å². The van der Waals surface area contributed by atoms with E-state index in [1.54, 1.807) is 0 Å². The second-order valence-electron chi connectivity index (χ2n) is 33.2. The predicted octanol–water partition coefficient (Wildman–Crippen LogP) is 33.7. The van der Waals surface area contributed by atoms with Crippen LogP contribution in [0.3, 0.4) is 0 Å². The second-order valence-corrected chi connectivity index (χ2v) is 33.2. The average Bonchev–Trinajstić information content (AvgIpc) is 1.55. The van der Waals surface area contributed by atoms with Crippen molar-refractivity contribution in [3.05, 3.63) is 497 Å². The predicted molar refractivity (Wildman–Crippen MR) is 541 cm³/mol. The van der Waals surface area contributed by atoms with Crippen LogP contribution in [0.25, 0.3) is 171 Å². The van der Waals surface area contributed by atoms with Gasteiger partial charge in [-0.3, -0.25) is 0 Å². The number of aromatic nitrogens is 3. The van der Waals surface area contributed by atoms with Gasteiger partial charge < -0.3 is 28.4 Å². The topological polar surface area (TPSA) is 24.5 Å². The van der Waals surface area contributed by atoms with Crippen LogP contribution in [0.1, 0.15) is 0 Å². The molecule has 3 heterocycles. The third kappa shape index (κ3) is 13.3. The fourth-order valence-electron chi connectivity index (χ4n) is 19.7. The summed E-state index contributed by atoms with van der Waals surface area (Å²) in [5.74, 6) is 0. The first-order valence-electron chi connectivity index (χ1n) is 43.9. The Kier molecular flexibility index (Phi) is 18.5. The summed E-state index contributed by atoms with van der Waals surface area (Å²) in [4.78, 5) is 7.56. The highest BCUT2D eigenvalue weighted by Crippen LogP contribution is 2.52. The Balaban J connectivity index is 0.773. The normalized spacial score (nSPS) is 11.6. The Bertz CT molecular complexity index is 7960. The largest absolute Gasteiger partial charge is 0.310 e.